The van der Waals surface area contributed by atoms with Gasteiger partial charge >= 0.3 is 17.9 Å². The maximum atomic E-state index is 12.6. The Hall–Kier alpha value is -1.59. The molecule has 290 valence electrons. The fourth-order valence-electron chi connectivity index (χ4n) is 6.22. The van der Waals surface area contributed by atoms with E-state index in [-0.39, 0.29) is 31.1 Å². The van der Waals surface area contributed by atoms with Gasteiger partial charge in [-0.2, -0.15) is 0 Å². The van der Waals surface area contributed by atoms with Crippen LogP contribution in [0, 0.1) is 11.8 Å². The van der Waals surface area contributed by atoms with Crippen LogP contribution in [0.4, 0.5) is 0 Å². The Morgan fingerprint density at radius 2 is 0.673 bits per heavy atom. The molecular formula is C43H82O6. The van der Waals surface area contributed by atoms with E-state index in [2.05, 4.69) is 34.6 Å². The van der Waals surface area contributed by atoms with E-state index >= 15 is 0 Å². The molecule has 0 aromatic heterocycles. The molecule has 0 bridgehead atoms. The SMILES string of the molecule is CCCCCCCCCCCC(=O)OC[C@H](COC(=O)CCCCCCCCCC(C)C)OC(=O)CCCCCCCCCCCC(C)C. The zero-order valence-corrected chi connectivity index (χ0v) is 33.3. The second-order valence-corrected chi connectivity index (χ2v) is 15.6. The van der Waals surface area contributed by atoms with E-state index in [1.54, 1.807) is 0 Å². The van der Waals surface area contributed by atoms with Crippen LogP contribution in [-0.4, -0.2) is 37.2 Å². The lowest BCUT2D eigenvalue weighted by molar-refractivity contribution is -0.167. The van der Waals surface area contributed by atoms with Crippen molar-refractivity contribution in [1.82, 2.24) is 0 Å². The fourth-order valence-corrected chi connectivity index (χ4v) is 6.22. The van der Waals surface area contributed by atoms with E-state index < -0.39 is 6.10 Å². The molecule has 0 heterocycles. The second kappa shape index (κ2) is 36.2. The summed E-state index contributed by atoms with van der Waals surface area (Å²) in [7, 11) is 0. The number of hydrogen-bond donors (Lipinski definition) is 0. The van der Waals surface area contributed by atoms with Crippen LogP contribution in [0.2, 0.25) is 0 Å². The monoisotopic (exact) mass is 695 g/mol. The number of carbonyl (C=O) groups excluding carboxylic acids is 3. The minimum Gasteiger partial charge on any atom is -0.462 e. The molecule has 0 fully saturated rings. The molecule has 0 aliphatic carbocycles. The molecule has 0 saturated heterocycles. The van der Waals surface area contributed by atoms with Gasteiger partial charge in [-0.1, -0.05) is 189 Å². The molecule has 0 aliphatic rings. The Morgan fingerprint density at radius 1 is 0.388 bits per heavy atom. The lowest BCUT2D eigenvalue weighted by Gasteiger charge is -2.18. The van der Waals surface area contributed by atoms with Gasteiger partial charge in [0.05, 0.1) is 0 Å². The molecule has 0 aliphatic heterocycles. The van der Waals surface area contributed by atoms with Crippen molar-refractivity contribution in [2.45, 2.75) is 233 Å². The predicted molar refractivity (Wildman–Crippen MR) is 206 cm³/mol. The molecule has 0 N–H and O–H groups in total. The molecule has 6 nitrogen and oxygen atoms in total. The van der Waals surface area contributed by atoms with Crippen molar-refractivity contribution in [1.29, 1.82) is 0 Å². The predicted octanol–water partition coefficient (Wildman–Crippen LogP) is 13.0. The van der Waals surface area contributed by atoms with Crippen LogP contribution >= 0.6 is 0 Å². The average Bonchev–Trinajstić information content (AvgIpc) is 3.06. The first-order valence-electron chi connectivity index (χ1n) is 21.2. The molecule has 6 heteroatoms. The van der Waals surface area contributed by atoms with Gasteiger partial charge in [-0.3, -0.25) is 14.4 Å². The summed E-state index contributed by atoms with van der Waals surface area (Å²) in [6, 6.07) is 0. The summed E-state index contributed by atoms with van der Waals surface area (Å²) < 4.78 is 16.6. The highest BCUT2D eigenvalue weighted by Crippen LogP contribution is 2.16. The minimum absolute atomic E-state index is 0.0662. The first-order chi connectivity index (χ1) is 23.7. The summed E-state index contributed by atoms with van der Waals surface area (Å²) >= 11 is 0. The van der Waals surface area contributed by atoms with Crippen molar-refractivity contribution < 1.29 is 28.6 Å². The van der Waals surface area contributed by atoms with Gasteiger partial charge in [0.25, 0.3) is 0 Å². The van der Waals surface area contributed by atoms with Gasteiger partial charge in [-0.15, -0.1) is 0 Å². The van der Waals surface area contributed by atoms with Crippen molar-refractivity contribution in [3.63, 3.8) is 0 Å². The maximum absolute atomic E-state index is 12.6. The number of ether oxygens (including phenoxy) is 3. The zero-order chi connectivity index (χ0) is 36.2. The highest BCUT2D eigenvalue weighted by atomic mass is 16.6. The van der Waals surface area contributed by atoms with E-state index in [1.807, 2.05) is 0 Å². The van der Waals surface area contributed by atoms with Crippen molar-refractivity contribution in [2.24, 2.45) is 11.8 Å². The number of rotatable bonds is 37. The quantitative estimate of drug-likeness (QED) is 0.0366. The normalized spacial score (nSPS) is 12.1. The third-order valence-electron chi connectivity index (χ3n) is 9.47. The second-order valence-electron chi connectivity index (χ2n) is 15.6. The summed E-state index contributed by atoms with van der Waals surface area (Å²) in [5.41, 5.74) is 0. The number of unbranched alkanes of at least 4 members (excludes halogenated alkanes) is 22. The van der Waals surface area contributed by atoms with E-state index in [0.29, 0.717) is 19.3 Å². The third kappa shape index (κ3) is 37.5. The van der Waals surface area contributed by atoms with Gasteiger partial charge in [0.2, 0.25) is 0 Å². The van der Waals surface area contributed by atoms with Gasteiger partial charge in [0.15, 0.2) is 6.10 Å². The molecule has 0 radical (unpaired) electrons. The number of esters is 3. The Bertz CT molecular complexity index is 749. The number of carbonyl (C=O) groups is 3. The molecular weight excluding hydrogens is 612 g/mol. The van der Waals surface area contributed by atoms with Gasteiger partial charge in [-0.25, -0.2) is 0 Å². The molecule has 1 atom stereocenters. The summed E-state index contributed by atoms with van der Waals surface area (Å²) in [6.45, 7) is 11.2. The molecule has 0 saturated carbocycles. The topological polar surface area (TPSA) is 78.9 Å². The van der Waals surface area contributed by atoms with E-state index in [4.69, 9.17) is 14.2 Å². The molecule has 0 spiro atoms. The maximum Gasteiger partial charge on any atom is 0.306 e. The first kappa shape index (κ1) is 47.4. The summed E-state index contributed by atoms with van der Waals surface area (Å²) in [4.78, 5) is 37.5. The molecule has 49 heavy (non-hydrogen) atoms. The highest BCUT2D eigenvalue weighted by molar-refractivity contribution is 5.71. The van der Waals surface area contributed by atoms with Crippen LogP contribution in [0.1, 0.15) is 227 Å². The lowest BCUT2D eigenvalue weighted by atomic mass is 10.0. The van der Waals surface area contributed by atoms with Crippen LogP contribution in [0.3, 0.4) is 0 Å². The number of hydrogen-bond acceptors (Lipinski definition) is 6. The highest BCUT2D eigenvalue weighted by Gasteiger charge is 2.19. The lowest BCUT2D eigenvalue weighted by Crippen LogP contribution is -2.30. The van der Waals surface area contributed by atoms with Crippen molar-refractivity contribution in [3.8, 4) is 0 Å². The Morgan fingerprint density at radius 3 is 1.00 bits per heavy atom. The van der Waals surface area contributed by atoms with Crippen molar-refractivity contribution >= 4 is 17.9 Å². The third-order valence-corrected chi connectivity index (χ3v) is 9.47. The fraction of sp³-hybridized carbons (Fsp3) is 0.930. The van der Waals surface area contributed by atoms with Gasteiger partial charge in [0.1, 0.15) is 13.2 Å². The largest absolute Gasteiger partial charge is 0.462 e. The first-order valence-corrected chi connectivity index (χ1v) is 21.2. The smallest absolute Gasteiger partial charge is 0.306 e. The Kier molecular flexibility index (Phi) is 35.0. The van der Waals surface area contributed by atoms with E-state index in [9.17, 15) is 14.4 Å². The molecule has 0 aromatic carbocycles. The standard InChI is InChI=1S/C43H82O6/c1-6-7-8-9-10-12-18-23-28-33-41(44)47-36-40(37-48-42(45)34-29-24-20-15-17-22-27-32-39(4)5)49-43(46)35-30-25-19-14-11-13-16-21-26-31-38(2)3/h38-40H,6-37H2,1-5H3/t40-/m1/s1. The molecule has 0 unspecified atom stereocenters. The van der Waals surface area contributed by atoms with Gasteiger partial charge in [0, 0.05) is 19.3 Å². The van der Waals surface area contributed by atoms with Crippen molar-refractivity contribution in [2.75, 3.05) is 13.2 Å². The molecule has 0 amide bonds. The van der Waals surface area contributed by atoms with E-state index in [0.717, 1.165) is 69.6 Å². The van der Waals surface area contributed by atoms with E-state index in [1.165, 1.54) is 116 Å². The molecule has 0 aromatic rings. The van der Waals surface area contributed by atoms with Crippen LogP contribution in [0.15, 0.2) is 0 Å². The summed E-state index contributed by atoms with van der Waals surface area (Å²) in [5, 5.41) is 0. The minimum atomic E-state index is -0.759. The molecule has 0 rings (SSSR count). The Labute approximate surface area is 304 Å². The van der Waals surface area contributed by atoms with Crippen LogP contribution < -0.4 is 0 Å². The van der Waals surface area contributed by atoms with Gasteiger partial charge < -0.3 is 14.2 Å². The summed E-state index contributed by atoms with van der Waals surface area (Å²) in [5.74, 6) is 0.720. The Balaban J connectivity index is 4.35. The average molecular weight is 695 g/mol. The van der Waals surface area contributed by atoms with Crippen LogP contribution in [-0.2, 0) is 28.6 Å². The van der Waals surface area contributed by atoms with Crippen LogP contribution in [0.5, 0.6) is 0 Å². The van der Waals surface area contributed by atoms with Crippen molar-refractivity contribution in [3.05, 3.63) is 0 Å². The van der Waals surface area contributed by atoms with Gasteiger partial charge in [-0.05, 0) is 31.1 Å². The summed E-state index contributed by atoms with van der Waals surface area (Å²) in [6.07, 6.45) is 32.4. The zero-order valence-electron chi connectivity index (χ0n) is 33.3. The van der Waals surface area contributed by atoms with Crippen LogP contribution in [0.25, 0.3) is 0 Å².